The van der Waals surface area contributed by atoms with Gasteiger partial charge in [0, 0.05) is 6.10 Å². The molecule has 0 bridgehead atoms. The molecular weight excluding hydrogens is 434 g/mol. The Balaban J connectivity index is 5.18. The monoisotopic (exact) mass is 499 g/mol. The highest BCUT2D eigenvalue weighted by atomic mass is 28.2. The molecule has 5 heteroatoms. The molecule has 0 saturated heterocycles. The Hall–Kier alpha value is 0.0569. The van der Waals surface area contributed by atoms with Crippen LogP contribution < -0.4 is 0 Å². The van der Waals surface area contributed by atoms with Gasteiger partial charge in [-0.1, -0.05) is 34.6 Å². The maximum absolute atomic E-state index is 6.37. The van der Waals surface area contributed by atoms with Crippen molar-refractivity contribution in [2.45, 2.75) is 124 Å². The second-order valence-corrected chi connectivity index (χ2v) is 12.6. The summed E-state index contributed by atoms with van der Waals surface area (Å²) < 4.78 is 6.37. The molecule has 0 aliphatic carbocycles. The lowest BCUT2D eigenvalue weighted by Gasteiger charge is -2.36. The smallest absolute Gasteiger partial charge is 0.161 e. The van der Waals surface area contributed by atoms with Crippen molar-refractivity contribution in [2.75, 3.05) is 60.4 Å². The van der Waals surface area contributed by atoms with Crippen LogP contribution in [0.5, 0.6) is 0 Å². The van der Waals surface area contributed by atoms with Crippen molar-refractivity contribution >= 4 is 9.76 Å². The number of nitrogens with zero attached hydrogens (tertiary/aromatic N) is 3. The molecule has 0 aromatic carbocycles. The SMILES string of the molecule is CCCN(C)CCCC(CCCN(C)CCC)(CCCN(C)CCC)CC[SiH2]OC(CC)CC. The van der Waals surface area contributed by atoms with Crippen LogP contribution in [0, 0.1) is 5.41 Å². The number of hydrogen-bond acceptors (Lipinski definition) is 4. The molecule has 0 atom stereocenters. The summed E-state index contributed by atoms with van der Waals surface area (Å²) in [5, 5.41) is 0. The summed E-state index contributed by atoms with van der Waals surface area (Å²) in [5.74, 6) is 0. The fourth-order valence-corrected chi connectivity index (χ4v) is 7.49. The summed E-state index contributed by atoms with van der Waals surface area (Å²) in [7, 11) is 6.51. The summed E-state index contributed by atoms with van der Waals surface area (Å²) in [6.45, 7) is 18.9. The molecule has 0 radical (unpaired) electrons. The summed E-state index contributed by atoms with van der Waals surface area (Å²) in [6.07, 6.45) is 16.3. The maximum atomic E-state index is 6.37. The van der Waals surface area contributed by atoms with Gasteiger partial charge in [-0.05, 0) is 149 Å². The van der Waals surface area contributed by atoms with E-state index in [4.69, 9.17) is 4.43 Å². The first kappa shape index (κ1) is 34.1. The Bertz CT molecular complexity index is 388. The van der Waals surface area contributed by atoms with Crippen molar-refractivity contribution in [1.29, 1.82) is 0 Å². The van der Waals surface area contributed by atoms with Crippen molar-refractivity contribution in [3.8, 4) is 0 Å². The minimum atomic E-state index is -0.410. The second kappa shape index (κ2) is 22.3. The fourth-order valence-electron chi connectivity index (χ4n) is 5.62. The third-order valence-electron chi connectivity index (χ3n) is 7.67. The molecule has 0 saturated carbocycles. The first-order valence-corrected chi connectivity index (χ1v) is 16.6. The Kier molecular flexibility index (Phi) is 22.3. The Labute approximate surface area is 218 Å². The number of rotatable bonds is 25. The molecule has 0 aromatic heterocycles. The summed E-state index contributed by atoms with van der Waals surface area (Å²) >= 11 is 0. The van der Waals surface area contributed by atoms with Crippen molar-refractivity contribution < 1.29 is 4.43 Å². The molecule has 0 aromatic rings. The molecule has 0 unspecified atom stereocenters. The van der Waals surface area contributed by atoms with Gasteiger partial charge in [0.2, 0.25) is 0 Å². The third kappa shape index (κ3) is 17.5. The second-order valence-electron chi connectivity index (χ2n) is 11.1. The van der Waals surface area contributed by atoms with Crippen molar-refractivity contribution in [3.05, 3.63) is 0 Å². The van der Waals surface area contributed by atoms with Crippen LogP contribution in [-0.2, 0) is 4.43 Å². The van der Waals surface area contributed by atoms with Gasteiger partial charge in [-0.2, -0.15) is 0 Å². The van der Waals surface area contributed by atoms with Crippen LogP contribution in [0.4, 0.5) is 0 Å². The van der Waals surface area contributed by atoms with E-state index in [2.05, 4.69) is 70.5 Å². The zero-order valence-corrected chi connectivity index (χ0v) is 26.4. The van der Waals surface area contributed by atoms with E-state index in [9.17, 15) is 0 Å². The van der Waals surface area contributed by atoms with Crippen LogP contribution >= 0.6 is 0 Å². The standard InChI is InChI=1S/C29H65N3OSi/c1-9-21-30(6)24-14-17-29(18-15-25-31(7)22-10-2,19-16-26-32(8)23-11-3)20-27-34-33-28(12-4)13-5/h28H,9-27,34H2,1-8H3. The van der Waals surface area contributed by atoms with Crippen LogP contribution in [0.2, 0.25) is 6.04 Å². The summed E-state index contributed by atoms with van der Waals surface area (Å²) in [5.41, 5.74) is 0.511. The van der Waals surface area contributed by atoms with Crippen LogP contribution in [0.3, 0.4) is 0 Å². The number of hydrogen-bond donors (Lipinski definition) is 0. The minimum absolute atomic E-state index is 0.410. The molecule has 0 heterocycles. The van der Waals surface area contributed by atoms with Gasteiger partial charge in [-0.25, -0.2) is 0 Å². The van der Waals surface area contributed by atoms with E-state index < -0.39 is 9.76 Å². The summed E-state index contributed by atoms with van der Waals surface area (Å²) in [4.78, 5) is 7.62. The molecule has 0 N–H and O–H groups in total. The average Bonchev–Trinajstić information content (AvgIpc) is 2.79. The molecule has 0 aliphatic rings. The lowest BCUT2D eigenvalue weighted by molar-refractivity contribution is 0.158. The zero-order chi connectivity index (χ0) is 25.7. The van der Waals surface area contributed by atoms with E-state index in [0.29, 0.717) is 11.5 Å². The van der Waals surface area contributed by atoms with Crippen LogP contribution in [0.25, 0.3) is 0 Å². The van der Waals surface area contributed by atoms with Crippen LogP contribution in [-0.4, -0.2) is 91.0 Å². The predicted molar refractivity (Wildman–Crippen MR) is 157 cm³/mol. The van der Waals surface area contributed by atoms with E-state index in [-0.39, 0.29) is 0 Å². The molecule has 0 aliphatic heterocycles. The zero-order valence-electron chi connectivity index (χ0n) is 25.0. The highest BCUT2D eigenvalue weighted by Crippen LogP contribution is 2.40. The van der Waals surface area contributed by atoms with Crippen LogP contribution in [0.1, 0.15) is 112 Å². The van der Waals surface area contributed by atoms with Crippen molar-refractivity contribution in [1.82, 2.24) is 14.7 Å². The van der Waals surface area contributed by atoms with Gasteiger partial charge in [0.05, 0.1) is 0 Å². The molecule has 0 rings (SSSR count). The Morgan fingerprint density at radius 1 is 0.588 bits per heavy atom. The van der Waals surface area contributed by atoms with Gasteiger partial charge in [-0.3, -0.25) is 0 Å². The molecule has 4 nitrogen and oxygen atoms in total. The first-order chi connectivity index (χ1) is 16.4. The largest absolute Gasteiger partial charge is 0.421 e. The fraction of sp³-hybridized carbons (Fsp3) is 1.00. The molecule has 0 spiro atoms. The van der Waals surface area contributed by atoms with Gasteiger partial charge < -0.3 is 19.1 Å². The molecular formula is C29H65N3OSi. The van der Waals surface area contributed by atoms with Crippen LogP contribution in [0.15, 0.2) is 0 Å². The minimum Gasteiger partial charge on any atom is -0.421 e. The van der Waals surface area contributed by atoms with Crippen molar-refractivity contribution in [2.24, 2.45) is 5.41 Å². The average molecular weight is 500 g/mol. The highest BCUT2D eigenvalue weighted by molar-refractivity contribution is 6.27. The lowest BCUT2D eigenvalue weighted by Crippen LogP contribution is -2.29. The predicted octanol–water partition coefficient (Wildman–Crippen LogP) is 6.44. The van der Waals surface area contributed by atoms with E-state index >= 15 is 0 Å². The van der Waals surface area contributed by atoms with E-state index in [1.54, 1.807) is 0 Å². The van der Waals surface area contributed by atoms with Gasteiger partial charge >= 0.3 is 0 Å². The Morgan fingerprint density at radius 2 is 0.971 bits per heavy atom. The topological polar surface area (TPSA) is 19.0 Å². The van der Waals surface area contributed by atoms with E-state index in [1.807, 2.05) is 0 Å². The third-order valence-corrected chi connectivity index (χ3v) is 9.02. The van der Waals surface area contributed by atoms with E-state index in [1.165, 1.54) is 122 Å². The molecule has 206 valence electrons. The first-order valence-electron chi connectivity index (χ1n) is 15.0. The molecule has 34 heavy (non-hydrogen) atoms. The van der Waals surface area contributed by atoms with E-state index in [0.717, 1.165) is 0 Å². The molecule has 0 fully saturated rings. The molecule has 0 amide bonds. The maximum Gasteiger partial charge on any atom is 0.161 e. The Morgan fingerprint density at radius 3 is 1.29 bits per heavy atom. The summed E-state index contributed by atoms with van der Waals surface area (Å²) in [6, 6.07) is 1.36. The highest BCUT2D eigenvalue weighted by Gasteiger charge is 2.29. The van der Waals surface area contributed by atoms with Gasteiger partial charge in [0.25, 0.3) is 0 Å². The van der Waals surface area contributed by atoms with Gasteiger partial charge in [0.1, 0.15) is 0 Å². The normalized spacial score (nSPS) is 13.1. The quantitative estimate of drug-likeness (QED) is 0.106. The lowest BCUT2D eigenvalue weighted by atomic mass is 9.73. The van der Waals surface area contributed by atoms with Gasteiger partial charge in [-0.15, -0.1) is 0 Å². The van der Waals surface area contributed by atoms with Crippen molar-refractivity contribution in [3.63, 3.8) is 0 Å². The van der Waals surface area contributed by atoms with Gasteiger partial charge in [0.15, 0.2) is 9.76 Å².